The number of benzene rings is 1. The van der Waals surface area contributed by atoms with Gasteiger partial charge >= 0.3 is 5.97 Å². The molecule has 1 aromatic rings. The predicted octanol–water partition coefficient (Wildman–Crippen LogP) is 2.54. The van der Waals surface area contributed by atoms with E-state index >= 15 is 0 Å². The molecule has 0 unspecified atom stereocenters. The highest BCUT2D eigenvalue weighted by atomic mass is 16.5. The van der Waals surface area contributed by atoms with Gasteiger partial charge in [-0.3, -0.25) is 14.4 Å². The molecule has 2 N–H and O–H groups in total. The number of allylic oxidation sites excluding steroid dienone is 1. The first-order valence-corrected chi connectivity index (χ1v) is 11.9. The fraction of sp³-hybridized carbons (Fsp3) is 0.577. The molecule has 1 aliphatic carbocycles. The van der Waals surface area contributed by atoms with Crippen LogP contribution in [0.4, 0.5) is 0 Å². The zero-order valence-corrected chi connectivity index (χ0v) is 19.9. The zero-order valence-electron chi connectivity index (χ0n) is 19.9. The Morgan fingerprint density at radius 1 is 1.18 bits per heavy atom. The van der Waals surface area contributed by atoms with Crippen LogP contribution in [0.5, 0.6) is 0 Å². The van der Waals surface area contributed by atoms with Crippen molar-refractivity contribution < 1.29 is 24.2 Å². The van der Waals surface area contributed by atoms with E-state index in [9.17, 15) is 19.5 Å². The Hall–Kier alpha value is -2.67. The van der Waals surface area contributed by atoms with Crippen LogP contribution in [0.3, 0.4) is 0 Å². The zero-order chi connectivity index (χ0) is 24.1. The smallest absolute Gasteiger partial charge is 0.310 e. The van der Waals surface area contributed by atoms with Crippen LogP contribution in [0.2, 0.25) is 0 Å². The quantitative estimate of drug-likeness (QED) is 0.440. The third-order valence-electron chi connectivity index (χ3n) is 7.19. The number of hydrogen-bond donors (Lipinski definition) is 2. The number of fused-ring (bicyclic) bond motifs is 1. The number of aliphatic hydroxyl groups is 1. The van der Waals surface area contributed by atoms with E-state index in [0.717, 1.165) is 12.0 Å². The van der Waals surface area contributed by atoms with Crippen molar-refractivity contribution in [3.05, 3.63) is 48.0 Å². The minimum Gasteiger partial charge on any atom is -0.466 e. The number of esters is 1. The summed E-state index contributed by atoms with van der Waals surface area (Å²) in [5, 5.41) is 13.2. The second kappa shape index (κ2) is 11.0. The third-order valence-corrected chi connectivity index (χ3v) is 7.19. The van der Waals surface area contributed by atoms with Crippen LogP contribution in [-0.2, 0) is 25.7 Å². The van der Waals surface area contributed by atoms with Crippen molar-refractivity contribution in [1.82, 2.24) is 10.2 Å². The monoisotopic (exact) mass is 456 g/mol. The molecule has 0 radical (unpaired) electrons. The van der Waals surface area contributed by atoms with Crippen LogP contribution < -0.4 is 5.32 Å². The molecule has 0 aromatic heterocycles. The maximum Gasteiger partial charge on any atom is 0.310 e. The summed E-state index contributed by atoms with van der Waals surface area (Å²) in [6.07, 6.45) is 4.56. The Labute approximate surface area is 196 Å². The summed E-state index contributed by atoms with van der Waals surface area (Å²) in [6, 6.07) is 8.27. The van der Waals surface area contributed by atoms with Gasteiger partial charge in [0, 0.05) is 12.5 Å². The molecule has 7 nitrogen and oxygen atoms in total. The normalized spacial score (nSPS) is 28.2. The van der Waals surface area contributed by atoms with E-state index in [1.165, 1.54) is 0 Å². The fourth-order valence-corrected chi connectivity index (χ4v) is 5.20. The van der Waals surface area contributed by atoms with Crippen LogP contribution in [-0.4, -0.2) is 53.1 Å². The number of rotatable bonds is 9. The standard InChI is InChI=1S/C26H36N2O5/c1-5-16(3)20(15-29)28-23(24(30)27-14-18-10-8-7-9-11-18)19-13-12-17(4)21(22(19)25(28)31)26(32)33-6-2/h7-13,16-17,19-23,29H,5-6,14-15H2,1-4H3,(H,27,30)/t16-,17+,19-,20-,21+,22+,23-/m0/s1. The van der Waals surface area contributed by atoms with Gasteiger partial charge in [-0.2, -0.15) is 0 Å². The van der Waals surface area contributed by atoms with Crippen molar-refractivity contribution in [3.8, 4) is 0 Å². The molecule has 1 aromatic carbocycles. The number of nitrogens with one attached hydrogen (secondary N) is 1. The molecule has 1 heterocycles. The highest BCUT2D eigenvalue weighted by molar-refractivity contribution is 5.96. The van der Waals surface area contributed by atoms with Gasteiger partial charge in [0.15, 0.2) is 0 Å². The van der Waals surface area contributed by atoms with Gasteiger partial charge in [0.2, 0.25) is 11.8 Å². The number of likely N-dealkylation sites (tertiary alicyclic amines) is 1. The number of hydrogen-bond acceptors (Lipinski definition) is 5. The minimum absolute atomic E-state index is 0.00836. The first-order chi connectivity index (χ1) is 15.8. The highest BCUT2D eigenvalue weighted by Crippen LogP contribution is 2.45. The SMILES string of the molecule is CCOC(=O)[C@H]1[C@@H]2C(=O)N([C@@H](CO)[C@@H](C)CC)[C@H](C(=O)NCc3ccccc3)[C@H]2C=C[C@H]1C. The van der Waals surface area contributed by atoms with Crippen molar-refractivity contribution in [2.24, 2.45) is 29.6 Å². The summed E-state index contributed by atoms with van der Waals surface area (Å²) in [7, 11) is 0. The van der Waals surface area contributed by atoms with E-state index in [1.807, 2.05) is 63.3 Å². The van der Waals surface area contributed by atoms with E-state index in [-0.39, 0.29) is 36.9 Å². The molecule has 2 aliphatic rings. The topological polar surface area (TPSA) is 95.9 Å². The molecule has 7 heteroatoms. The molecule has 0 saturated carbocycles. The Bertz CT molecular complexity index is 871. The number of aliphatic hydroxyl groups excluding tert-OH is 1. The van der Waals surface area contributed by atoms with Gasteiger partial charge in [-0.25, -0.2) is 0 Å². The Morgan fingerprint density at radius 2 is 1.88 bits per heavy atom. The summed E-state index contributed by atoms with van der Waals surface area (Å²) in [6.45, 7) is 7.93. The summed E-state index contributed by atoms with van der Waals surface area (Å²) in [5.41, 5.74) is 0.955. The van der Waals surface area contributed by atoms with Gasteiger partial charge in [-0.05, 0) is 24.3 Å². The number of carbonyl (C=O) groups excluding carboxylic acids is 3. The first kappa shape index (κ1) is 25.0. The number of nitrogens with zero attached hydrogens (tertiary/aromatic N) is 1. The lowest BCUT2D eigenvalue weighted by atomic mass is 9.70. The molecule has 1 aliphatic heterocycles. The Balaban J connectivity index is 1.97. The average Bonchev–Trinajstić information content (AvgIpc) is 3.10. The molecule has 2 amide bonds. The maximum atomic E-state index is 13.8. The lowest BCUT2D eigenvalue weighted by molar-refractivity contribution is -0.156. The van der Waals surface area contributed by atoms with Gasteiger partial charge in [-0.15, -0.1) is 0 Å². The minimum atomic E-state index is -0.793. The molecule has 180 valence electrons. The van der Waals surface area contributed by atoms with Gasteiger partial charge in [-0.1, -0.05) is 69.7 Å². The Morgan fingerprint density at radius 3 is 2.48 bits per heavy atom. The number of ether oxygens (including phenoxy) is 1. The molecule has 7 atom stereocenters. The van der Waals surface area contributed by atoms with Crippen LogP contribution in [0.15, 0.2) is 42.5 Å². The third kappa shape index (κ3) is 4.98. The van der Waals surface area contributed by atoms with Gasteiger partial charge in [0.25, 0.3) is 0 Å². The van der Waals surface area contributed by atoms with Crippen molar-refractivity contribution >= 4 is 17.8 Å². The molecular formula is C26H36N2O5. The Kier molecular flexibility index (Phi) is 8.30. The molecule has 3 rings (SSSR count). The van der Waals surface area contributed by atoms with E-state index in [1.54, 1.807) is 11.8 Å². The van der Waals surface area contributed by atoms with E-state index in [0.29, 0.717) is 6.54 Å². The number of carbonyl (C=O) groups is 3. The second-order valence-corrected chi connectivity index (χ2v) is 9.15. The van der Waals surface area contributed by atoms with Crippen molar-refractivity contribution in [2.75, 3.05) is 13.2 Å². The van der Waals surface area contributed by atoms with Crippen LogP contribution in [0.1, 0.15) is 39.7 Å². The van der Waals surface area contributed by atoms with Crippen molar-refractivity contribution in [1.29, 1.82) is 0 Å². The summed E-state index contributed by atoms with van der Waals surface area (Å²) in [4.78, 5) is 41.7. The molecule has 1 saturated heterocycles. The molecule has 0 spiro atoms. The van der Waals surface area contributed by atoms with Gasteiger partial charge < -0.3 is 20.1 Å². The molecule has 33 heavy (non-hydrogen) atoms. The summed E-state index contributed by atoms with van der Waals surface area (Å²) >= 11 is 0. The van der Waals surface area contributed by atoms with Gasteiger partial charge in [0.05, 0.1) is 31.1 Å². The molecule has 0 bridgehead atoms. The summed E-state index contributed by atoms with van der Waals surface area (Å²) < 4.78 is 5.31. The average molecular weight is 457 g/mol. The highest BCUT2D eigenvalue weighted by Gasteiger charge is 2.58. The second-order valence-electron chi connectivity index (χ2n) is 9.15. The molecular weight excluding hydrogens is 420 g/mol. The molecule has 1 fully saturated rings. The van der Waals surface area contributed by atoms with Crippen LogP contribution in [0.25, 0.3) is 0 Å². The lowest BCUT2D eigenvalue weighted by Crippen LogP contribution is -2.54. The van der Waals surface area contributed by atoms with Crippen molar-refractivity contribution in [3.63, 3.8) is 0 Å². The van der Waals surface area contributed by atoms with Crippen LogP contribution in [0, 0.1) is 29.6 Å². The summed E-state index contributed by atoms with van der Waals surface area (Å²) in [5.74, 6) is -2.93. The maximum absolute atomic E-state index is 13.8. The first-order valence-electron chi connectivity index (χ1n) is 11.9. The van der Waals surface area contributed by atoms with Crippen LogP contribution >= 0.6 is 0 Å². The van der Waals surface area contributed by atoms with E-state index in [4.69, 9.17) is 4.74 Å². The van der Waals surface area contributed by atoms with Crippen molar-refractivity contribution in [2.45, 2.75) is 52.7 Å². The number of amides is 2. The fourth-order valence-electron chi connectivity index (χ4n) is 5.20. The van der Waals surface area contributed by atoms with E-state index < -0.39 is 35.8 Å². The lowest BCUT2D eigenvalue weighted by Gasteiger charge is -2.36. The van der Waals surface area contributed by atoms with E-state index in [2.05, 4.69) is 5.32 Å². The van der Waals surface area contributed by atoms with Gasteiger partial charge in [0.1, 0.15) is 6.04 Å². The largest absolute Gasteiger partial charge is 0.466 e. The predicted molar refractivity (Wildman–Crippen MR) is 125 cm³/mol.